The number of nitrogens with zero attached hydrogens (tertiary/aromatic N) is 1. The fourth-order valence-electron chi connectivity index (χ4n) is 2.21. The van der Waals surface area contributed by atoms with Crippen LogP contribution in [0, 0.1) is 5.82 Å². The molecule has 2 nitrogen and oxygen atoms in total. The number of likely N-dealkylation sites (tertiary alicyclic amines) is 1. The number of rotatable bonds is 3. The topological polar surface area (TPSA) is 23.5 Å². The fourth-order valence-corrected chi connectivity index (χ4v) is 2.21. The Morgan fingerprint density at radius 1 is 1.27 bits per heavy atom. The summed E-state index contributed by atoms with van der Waals surface area (Å²) in [5.74, 6) is -0.219. The molecule has 1 saturated heterocycles. The van der Waals surface area contributed by atoms with Gasteiger partial charge < -0.3 is 5.11 Å². The molecule has 0 saturated carbocycles. The van der Waals surface area contributed by atoms with E-state index < -0.39 is 0 Å². The molecule has 0 bridgehead atoms. The van der Waals surface area contributed by atoms with E-state index in [9.17, 15) is 9.50 Å². The van der Waals surface area contributed by atoms with Gasteiger partial charge in [-0.15, -0.1) is 0 Å². The zero-order valence-electron chi connectivity index (χ0n) is 8.69. The molecule has 3 heteroatoms. The van der Waals surface area contributed by atoms with Gasteiger partial charge in [0.05, 0.1) is 12.6 Å². The summed E-state index contributed by atoms with van der Waals surface area (Å²) in [6, 6.07) is 6.53. The molecule has 0 radical (unpaired) electrons. The van der Waals surface area contributed by atoms with Crippen LogP contribution in [0.15, 0.2) is 24.3 Å². The minimum atomic E-state index is -0.219. The van der Waals surface area contributed by atoms with Crippen LogP contribution in [0.5, 0.6) is 0 Å². The molecule has 0 unspecified atom stereocenters. The van der Waals surface area contributed by atoms with Crippen molar-refractivity contribution in [1.82, 2.24) is 4.90 Å². The van der Waals surface area contributed by atoms with Crippen molar-refractivity contribution in [3.8, 4) is 0 Å². The first-order valence-corrected chi connectivity index (χ1v) is 5.42. The SMILES string of the molecule is OC[C@H](c1ccccc1F)N1CCCC1. The summed E-state index contributed by atoms with van der Waals surface area (Å²) in [7, 11) is 0. The van der Waals surface area contributed by atoms with E-state index in [1.54, 1.807) is 12.1 Å². The first kappa shape index (κ1) is 10.6. The van der Waals surface area contributed by atoms with Crippen LogP contribution in [-0.4, -0.2) is 29.7 Å². The van der Waals surface area contributed by atoms with Crippen LogP contribution in [0.4, 0.5) is 4.39 Å². The van der Waals surface area contributed by atoms with Gasteiger partial charge in [-0.3, -0.25) is 4.90 Å². The average Bonchev–Trinajstić information content (AvgIpc) is 2.75. The van der Waals surface area contributed by atoms with Gasteiger partial charge in [-0.05, 0) is 32.0 Å². The van der Waals surface area contributed by atoms with E-state index >= 15 is 0 Å². The van der Waals surface area contributed by atoms with Crippen molar-refractivity contribution in [2.45, 2.75) is 18.9 Å². The third kappa shape index (κ3) is 2.19. The van der Waals surface area contributed by atoms with Crippen LogP contribution < -0.4 is 0 Å². The second-order valence-electron chi connectivity index (χ2n) is 3.96. The van der Waals surface area contributed by atoms with E-state index in [0.29, 0.717) is 5.56 Å². The molecular weight excluding hydrogens is 193 g/mol. The van der Waals surface area contributed by atoms with Gasteiger partial charge in [0.2, 0.25) is 0 Å². The van der Waals surface area contributed by atoms with Crippen molar-refractivity contribution in [2.24, 2.45) is 0 Å². The normalized spacial score (nSPS) is 19.3. The monoisotopic (exact) mass is 209 g/mol. The molecule has 0 spiro atoms. The molecule has 1 atom stereocenters. The van der Waals surface area contributed by atoms with Gasteiger partial charge in [0.25, 0.3) is 0 Å². The average molecular weight is 209 g/mol. The highest BCUT2D eigenvalue weighted by Gasteiger charge is 2.24. The third-order valence-corrected chi connectivity index (χ3v) is 3.02. The van der Waals surface area contributed by atoms with Crippen LogP contribution in [0.3, 0.4) is 0 Å². The van der Waals surface area contributed by atoms with Crippen molar-refractivity contribution in [1.29, 1.82) is 0 Å². The number of halogens is 1. The molecule has 0 aliphatic carbocycles. The van der Waals surface area contributed by atoms with E-state index in [4.69, 9.17) is 0 Å². The lowest BCUT2D eigenvalue weighted by molar-refractivity contribution is 0.144. The molecule has 1 aromatic rings. The van der Waals surface area contributed by atoms with Crippen molar-refractivity contribution in [3.05, 3.63) is 35.6 Å². The highest BCUT2D eigenvalue weighted by atomic mass is 19.1. The Morgan fingerprint density at radius 2 is 1.93 bits per heavy atom. The zero-order chi connectivity index (χ0) is 10.7. The Bertz CT molecular complexity index is 323. The molecule has 82 valence electrons. The molecule has 0 aromatic heterocycles. The highest BCUT2D eigenvalue weighted by Crippen LogP contribution is 2.26. The molecule has 1 aromatic carbocycles. The van der Waals surface area contributed by atoms with E-state index in [1.807, 2.05) is 6.07 Å². The predicted octanol–water partition coefficient (Wildman–Crippen LogP) is 1.95. The molecule has 0 amide bonds. The van der Waals surface area contributed by atoms with Crippen LogP contribution in [0.1, 0.15) is 24.4 Å². The summed E-state index contributed by atoms with van der Waals surface area (Å²) in [5, 5.41) is 9.36. The molecule has 1 fully saturated rings. The molecule has 1 heterocycles. The quantitative estimate of drug-likeness (QED) is 0.822. The van der Waals surface area contributed by atoms with Crippen LogP contribution in [0.25, 0.3) is 0 Å². The Kier molecular flexibility index (Phi) is 3.34. The van der Waals surface area contributed by atoms with E-state index in [2.05, 4.69) is 4.90 Å². The Morgan fingerprint density at radius 3 is 2.53 bits per heavy atom. The van der Waals surface area contributed by atoms with Crippen LogP contribution in [0.2, 0.25) is 0 Å². The van der Waals surface area contributed by atoms with E-state index in [-0.39, 0.29) is 18.5 Å². The van der Waals surface area contributed by atoms with Crippen LogP contribution in [-0.2, 0) is 0 Å². The number of aliphatic hydroxyl groups is 1. The standard InChI is InChI=1S/C12H16FNO/c13-11-6-2-1-5-10(11)12(9-15)14-7-3-4-8-14/h1-2,5-6,12,15H,3-4,7-9H2/t12-/m1/s1. The Labute approximate surface area is 89.3 Å². The largest absolute Gasteiger partial charge is 0.394 e. The van der Waals surface area contributed by atoms with Gasteiger partial charge in [-0.2, -0.15) is 0 Å². The summed E-state index contributed by atoms with van der Waals surface area (Å²) in [6.45, 7) is 1.90. The second kappa shape index (κ2) is 4.73. The number of hydrogen-bond donors (Lipinski definition) is 1. The number of benzene rings is 1. The first-order valence-electron chi connectivity index (χ1n) is 5.42. The van der Waals surface area contributed by atoms with Gasteiger partial charge in [0, 0.05) is 5.56 Å². The molecule has 15 heavy (non-hydrogen) atoms. The maximum Gasteiger partial charge on any atom is 0.128 e. The minimum Gasteiger partial charge on any atom is -0.394 e. The zero-order valence-corrected chi connectivity index (χ0v) is 8.69. The van der Waals surface area contributed by atoms with E-state index in [1.165, 1.54) is 6.07 Å². The maximum absolute atomic E-state index is 13.5. The molecule has 1 aliphatic heterocycles. The summed E-state index contributed by atoms with van der Waals surface area (Å²) in [5.41, 5.74) is 0.613. The summed E-state index contributed by atoms with van der Waals surface area (Å²) >= 11 is 0. The van der Waals surface area contributed by atoms with Gasteiger partial charge in [-0.1, -0.05) is 18.2 Å². The van der Waals surface area contributed by atoms with Crippen LogP contribution >= 0.6 is 0 Å². The third-order valence-electron chi connectivity index (χ3n) is 3.02. The molecule has 2 rings (SSSR count). The van der Waals surface area contributed by atoms with Crippen molar-refractivity contribution in [2.75, 3.05) is 19.7 Å². The Balaban J connectivity index is 2.22. The van der Waals surface area contributed by atoms with E-state index in [0.717, 1.165) is 25.9 Å². The molecular formula is C12H16FNO. The summed E-state index contributed by atoms with van der Waals surface area (Å²) in [6.07, 6.45) is 2.29. The lowest BCUT2D eigenvalue weighted by atomic mass is 10.1. The molecule has 1 N–H and O–H groups in total. The fraction of sp³-hybridized carbons (Fsp3) is 0.500. The summed E-state index contributed by atoms with van der Waals surface area (Å²) in [4.78, 5) is 2.15. The van der Waals surface area contributed by atoms with Crippen molar-refractivity contribution < 1.29 is 9.50 Å². The first-order chi connectivity index (χ1) is 7.33. The lowest BCUT2D eigenvalue weighted by Gasteiger charge is -2.26. The van der Waals surface area contributed by atoms with Crippen molar-refractivity contribution in [3.63, 3.8) is 0 Å². The smallest absolute Gasteiger partial charge is 0.128 e. The van der Waals surface area contributed by atoms with Gasteiger partial charge in [0.15, 0.2) is 0 Å². The molecule has 1 aliphatic rings. The predicted molar refractivity (Wildman–Crippen MR) is 57.0 cm³/mol. The minimum absolute atomic E-state index is 0.0130. The number of hydrogen-bond acceptors (Lipinski definition) is 2. The number of aliphatic hydroxyl groups excluding tert-OH is 1. The second-order valence-corrected chi connectivity index (χ2v) is 3.96. The maximum atomic E-state index is 13.5. The van der Waals surface area contributed by atoms with Gasteiger partial charge in [-0.25, -0.2) is 4.39 Å². The van der Waals surface area contributed by atoms with Gasteiger partial charge in [0.1, 0.15) is 5.82 Å². The lowest BCUT2D eigenvalue weighted by Crippen LogP contribution is -2.28. The highest BCUT2D eigenvalue weighted by molar-refractivity contribution is 5.21. The van der Waals surface area contributed by atoms with Crippen molar-refractivity contribution >= 4 is 0 Å². The Hall–Kier alpha value is -0.930. The van der Waals surface area contributed by atoms with Gasteiger partial charge >= 0.3 is 0 Å². The summed E-state index contributed by atoms with van der Waals surface area (Å²) < 4.78 is 13.5.